The third-order valence-electron chi connectivity index (χ3n) is 5.34. The second kappa shape index (κ2) is 9.39. The van der Waals surface area contributed by atoms with Crippen LogP contribution in [-0.4, -0.2) is 54.3 Å². The molecule has 0 aliphatic rings. The predicted molar refractivity (Wildman–Crippen MR) is 120 cm³/mol. The number of anilines is 1. The van der Waals surface area contributed by atoms with Crippen molar-refractivity contribution in [2.75, 3.05) is 19.3 Å². The van der Waals surface area contributed by atoms with E-state index in [0.717, 1.165) is 62.4 Å². The number of unbranched alkanes of at least 4 members (excludes halogenated alkanes) is 2. The molecule has 2 aromatic rings. The summed E-state index contributed by atoms with van der Waals surface area (Å²) < 4.78 is 2.03. The minimum atomic E-state index is -0.855. The number of imidazole rings is 1. The SMILES string of the molecule is CCCCc1nc2c(N)nc(CCCCN(C)C(C)(C)C)nc2n1CC(C)(C)O. The van der Waals surface area contributed by atoms with Crippen molar-refractivity contribution in [3.05, 3.63) is 11.6 Å². The number of aryl methyl sites for hydroxylation is 2. The van der Waals surface area contributed by atoms with Gasteiger partial charge in [0.25, 0.3) is 0 Å². The first-order valence-electron chi connectivity index (χ1n) is 10.9. The summed E-state index contributed by atoms with van der Waals surface area (Å²) in [6, 6.07) is 0. The zero-order chi connectivity index (χ0) is 21.8. The standard InChI is InChI=1S/C22H40N6O/c1-8-9-13-17-26-18-19(23)24-16(12-10-11-14-27(7)21(2,3)4)25-20(18)28(17)15-22(5,6)29/h29H,8-15H2,1-7H3,(H2,23,24,25). The highest BCUT2D eigenvalue weighted by Gasteiger charge is 2.22. The second-order valence-corrected chi connectivity index (χ2v) is 9.78. The molecular formula is C22H40N6O. The molecule has 0 saturated heterocycles. The molecule has 0 aliphatic carbocycles. The third kappa shape index (κ3) is 6.64. The lowest BCUT2D eigenvalue weighted by Gasteiger charge is -2.31. The van der Waals surface area contributed by atoms with Crippen molar-refractivity contribution in [1.82, 2.24) is 24.4 Å². The monoisotopic (exact) mass is 404 g/mol. The van der Waals surface area contributed by atoms with Crippen molar-refractivity contribution in [2.24, 2.45) is 0 Å². The van der Waals surface area contributed by atoms with E-state index in [4.69, 9.17) is 15.7 Å². The summed E-state index contributed by atoms with van der Waals surface area (Å²) in [6.07, 6.45) is 5.85. The molecule has 2 heterocycles. The van der Waals surface area contributed by atoms with Gasteiger partial charge >= 0.3 is 0 Å². The van der Waals surface area contributed by atoms with E-state index in [1.54, 1.807) is 13.8 Å². The molecule has 3 N–H and O–H groups in total. The Kier molecular flexibility index (Phi) is 7.62. The van der Waals surface area contributed by atoms with Crippen LogP contribution in [-0.2, 0) is 19.4 Å². The van der Waals surface area contributed by atoms with E-state index in [-0.39, 0.29) is 5.54 Å². The number of nitrogens with zero attached hydrogens (tertiary/aromatic N) is 5. The number of aliphatic hydroxyl groups is 1. The number of hydrogen-bond acceptors (Lipinski definition) is 6. The summed E-state index contributed by atoms with van der Waals surface area (Å²) in [5, 5.41) is 10.4. The molecule has 2 rings (SSSR count). The van der Waals surface area contributed by atoms with Crippen molar-refractivity contribution < 1.29 is 5.11 Å². The highest BCUT2D eigenvalue weighted by Crippen LogP contribution is 2.23. The summed E-state index contributed by atoms with van der Waals surface area (Å²) in [5.41, 5.74) is 6.96. The molecule has 0 saturated carbocycles. The summed E-state index contributed by atoms with van der Waals surface area (Å²) in [5.74, 6) is 2.12. The van der Waals surface area contributed by atoms with Crippen LogP contribution in [0, 0.1) is 0 Å². The first kappa shape index (κ1) is 23.5. The smallest absolute Gasteiger partial charge is 0.166 e. The molecule has 0 amide bonds. The molecule has 0 atom stereocenters. The summed E-state index contributed by atoms with van der Waals surface area (Å²) in [4.78, 5) is 16.4. The van der Waals surface area contributed by atoms with E-state index in [2.05, 4.69) is 44.6 Å². The summed E-state index contributed by atoms with van der Waals surface area (Å²) in [6.45, 7) is 13.9. The van der Waals surface area contributed by atoms with Crippen molar-refractivity contribution >= 4 is 17.0 Å². The fourth-order valence-electron chi connectivity index (χ4n) is 3.27. The lowest BCUT2D eigenvalue weighted by Crippen LogP contribution is -2.38. The normalized spacial score (nSPS) is 13.0. The molecule has 164 valence electrons. The van der Waals surface area contributed by atoms with Gasteiger partial charge in [-0.3, -0.25) is 0 Å². The minimum absolute atomic E-state index is 0.179. The van der Waals surface area contributed by atoms with Gasteiger partial charge in [0.2, 0.25) is 0 Å². The third-order valence-corrected chi connectivity index (χ3v) is 5.34. The van der Waals surface area contributed by atoms with Gasteiger partial charge in [0.1, 0.15) is 11.6 Å². The molecule has 0 spiro atoms. The van der Waals surface area contributed by atoms with Crippen LogP contribution in [0.25, 0.3) is 11.2 Å². The molecular weight excluding hydrogens is 364 g/mol. The van der Waals surface area contributed by atoms with Gasteiger partial charge in [-0.15, -0.1) is 0 Å². The van der Waals surface area contributed by atoms with E-state index < -0.39 is 5.60 Å². The lowest BCUT2D eigenvalue weighted by atomic mass is 10.1. The maximum Gasteiger partial charge on any atom is 0.166 e. The molecule has 0 aromatic carbocycles. The number of hydrogen-bond donors (Lipinski definition) is 2. The first-order chi connectivity index (χ1) is 13.4. The second-order valence-electron chi connectivity index (χ2n) is 9.78. The number of rotatable bonds is 10. The average molecular weight is 405 g/mol. The molecule has 0 radical (unpaired) electrons. The Bertz CT molecular complexity index is 800. The molecule has 0 unspecified atom stereocenters. The highest BCUT2D eigenvalue weighted by molar-refractivity contribution is 5.82. The Labute approximate surface area is 175 Å². The molecule has 7 heteroatoms. The Hall–Kier alpha value is -1.73. The zero-order valence-corrected chi connectivity index (χ0v) is 19.4. The van der Waals surface area contributed by atoms with Crippen molar-refractivity contribution in [2.45, 2.75) is 97.8 Å². The van der Waals surface area contributed by atoms with Crippen molar-refractivity contribution in [3.8, 4) is 0 Å². The number of nitrogens with two attached hydrogens (primary N) is 1. The Morgan fingerprint density at radius 1 is 1.00 bits per heavy atom. The topological polar surface area (TPSA) is 93.1 Å². The van der Waals surface area contributed by atoms with E-state index in [1.165, 1.54) is 0 Å². The van der Waals surface area contributed by atoms with Gasteiger partial charge in [-0.2, -0.15) is 0 Å². The highest BCUT2D eigenvalue weighted by atomic mass is 16.3. The van der Waals surface area contributed by atoms with Crippen LogP contribution in [0.15, 0.2) is 0 Å². The molecule has 29 heavy (non-hydrogen) atoms. The van der Waals surface area contributed by atoms with Gasteiger partial charge in [0.05, 0.1) is 12.1 Å². The van der Waals surface area contributed by atoms with E-state index in [9.17, 15) is 5.11 Å². The van der Waals surface area contributed by atoms with Gasteiger partial charge in [-0.05, 0) is 67.5 Å². The van der Waals surface area contributed by atoms with E-state index in [1.807, 2.05) is 4.57 Å². The number of aromatic nitrogens is 4. The summed E-state index contributed by atoms with van der Waals surface area (Å²) >= 11 is 0. The van der Waals surface area contributed by atoms with Crippen molar-refractivity contribution in [3.63, 3.8) is 0 Å². The van der Waals surface area contributed by atoms with Gasteiger partial charge in [0, 0.05) is 18.4 Å². The van der Waals surface area contributed by atoms with Crippen molar-refractivity contribution in [1.29, 1.82) is 0 Å². The Balaban J connectivity index is 2.22. The van der Waals surface area contributed by atoms with Crippen LogP contribution < -0.4 is 5.73 Å². The van der Waals surface area contributed by atoms with Gasteiger partial charge in [-0.25, -0.2) is 15.0 Å². The quantitative estimate of drug-likeness (QED) is 0.588. The number of nitrogen functional groups attached to an aromatic ring is 1. The molecule has 7 nitrogen and oxygen atoms in total. The molecule has 0 bridgehead atoms. The number of fused-ring (bicyclic) bond motifs is 1. The van der Waals surface area contributed by atoms with Gasteiger partial charge < -0.3 is 20.3 Å². The van der Waals surface area contributed by atoms with Crippen LogP contribution in [0.2, 0.25) is 0 Å². The fourth-order valence-corrected chi connectivity index (χ4v) is 3.27. The fraction of sp³-hybridized carbons (Fsp3) is 0.773. The molecule has 0 aliphatic heterocycles. The maximum absolute atomic E-state index is 10.4. The van der Waals surface area contributed by atoms with Crippen LogP contribution in [0.5, 0.6) is 0 Å². The lowest BCUT2D eigenvalue weighted by molar-refractivity contribution is 0.0616. The maximum atomic E-state index is 10.4. The zero-order valence-electron chi connectivity index (χ0n) is 19.4. The van der Waals surface area contributed by atoms with Crippen LogP contribution in [0.1, 0.15) is 78.9 Å². The van der Waals surface area contributed by atoms with E-state index in [0.29, 0.717) is 17.9 Å². The average Bonchev–Trinajstić information content (AvgIpc) is 2.92. The van der Waals surface area contributed by atoms with Crippen LogP contribution >= 0.6 is 0 Å². The molecule has 2 aromatic heterocycles. The van der Waals surface area contributed by atoms with Crippen LogP contribution in [0.3, 0.4) is 0 Å². The van der Waals surface area contributed by atoms with Gasteiger partial charge in [0.15, 0.2) is 17.0 Å². The minimum Gasteiger partial charge on any atom is -0.389 e. The molecule has 0 fully saturated rings. The first-order valence-corrected chi connectivity index (χ1v) is 10.9. The predicted octanol–water partition coefficient (Wildman–Crippen LogP) is 3.58. The Morgan fingerprint density at radius 3 is 2.28 bits per heavy atom. The van der Waals surface area contributed by atoms with Crippen LogP contribution in [0.4, 0.5) is 5.82 Å². The van der Waals surface area contributed by atoms with E-state index >= 15 is 0 Å². The summed E-state index contributed by atoms with van der Waals surface area (Å²) in [7, 11) is 2.16. The van der Waals surface area contributed by atoms with Gasteiger partial charge in [-0.1, -0.05) is 13.3 Å². The largest absolute Gasteiger partial charge is 0.389 e. The Morgan fingerprint density at radius 2 is 1.69 bits per heavy atom.